The van der Waals surface area contributed by atoms with E-state index in [0.29, 0.717) is 44.3 Å². The topological polar surface area (TPSA) is 100 Å². The number of guanidine groups is 1. The average molecular weight is 382 g/mol. The zero-order valence-electron chi connectivity index (χ0n) is 16.0. The molecule has 148 valence electrons. The number of aliphatic imine (C=N–C) groups is 1. The number of aromatic nitrogens is 3. The number of rotatable bonds is 10. The fraction of sp³-hybridized carbons (Fsp3) is 0.350. The third kappa shape index (κ3) is 6.24. The molecule has 3 rings (SSSR count). The van der Waals surface area contributed by atoms with Crippen LogP contribution in [0.15, 0.2) is 58.1 Å². The van der Waals surface area contributed by atoms with Crippen LogP contribution in [0.5, 0.6) is 0 Å². The van der Waals surface area contributed by atoms with Crippen molar-refractivity contribution < 1.29 is 9.15 Å². The van der Waals surface area contributed by atoms with Crippen molar-refractivity contribution in [2.75, 3.05) is 26.2 Å². The van der Waals surface area contributed by atoms with Crippen LogP contribution in [0.3, 0.4) is 0 Å². The molecule has 8 heteroatoms. The number of hydrogen-bond acceptors (Lipinski definition) is 5. The first-order chi connectivity index (χ1) is 13.8. The molecule has 1 aromatic carbocycles. The van der Waals surface area contributed by atoms with Crippen LogP contribution in [0.1, 0.15) is 18.3 Å². The molecule has 0 spiro atoms. The molecule has 0 saturated carbocycles. The summed E-state index contributed by atoms with van der Waals surface area (Å²) in [4.78, 5) is 8.96. The Hall–Kier alpha value is -3.13. The van der Waals surface area contributed by atoms with Crippen molar-refractivity contribution in [2.24, 2.45) is 4.99 Å². The number of aromatic amines is 1. The molecule has 0 aliphatic rings. The average Bonchev–Trinajstić information content (AvgIpc) is 3.40. The van der Waals surface area contributed by atoms with Crippen LogP contribution in [0.2, 0.25) is 0 Å². The molecule has 3 N–H and O–H groups in total. The van der Waals surface area contributed by atoms with Crippen LogP contribution in [-0.2, 0) is 17.8 Å². The zero-order chi connectivity index (χ0) is 19.4. The number of hydrogen-bond donors (Lipinski definition) is 3. The summed E-state index contributed by atoms with van der Waals surface area (Å²) >= 11 is 0. The molecule has 0 unspecified atom stereocenters. The molecule has 0 amide bonds. The third-order valence-corrected chi connectivity index (χ3v) is 3.89. The Bertz CT molecular complexity index is 830. The predicted molar refractivity (Wildman–Crippen MR) is 108 cm³/mol. The quantitative estimate of drug-likeness (QED) is 0.283. The first kappa shape index (κ1) is 19.6. The molecule has 8 nitrogen and oxygen atoms in total. The molecule has 28 heavy (non-hydrogen) atoms. The van der Waals surface area contributed by atoms with Gasteiger partial charge in [0.05, 0.1) is 26.0 Å². The lowest BCUT2D eigenvalue weighted by molar-refractivity contribution is 0.128. The van der Waals surface area contributed by atoms with Crippen LogP contribution < -0.4 is 10.6 Å². The van der Waals surface area contributed by atoms with E-state index in [2.05, 4.69) is 42.9 Å². The van der Waals surface area contributed by atoms with Gasteiger partial charge in [-0.1, -0.05) is 30.3 Å². The van der Waals surface area contributed by atoms with Gasteiger partial charge in [-0.2, -0.15) is 5.10 Å². The molecule has 0 atom stereocenters. The van der Waals surface area contributed by atoms with Crippen LogP contribution >= 0.6 is 0 Å². The van der Waals surface area contributed by atoms with Crippen molar-refractivity contribution in [3.8, 4) is 11.6 Å². The molecular formula is C20H26N6O2. The van der Waals surface area contributed by atoms with Gasteiger partial charge < -0.3 is 19.8 Å². The molecule has 2 heterocycles. The Kier molecular flexibility index (Phi) is 7.63. The predicted octanol–water partition coefficient (Wildman–Crippen LogP) is 2.38. The van der Waals surface area contributed by atoms with Gasteiger partial charge in [0.1, 0.15) is 5.82 Å². The number of nitrogens with zero attached hydrogens (tertiary/aromatic N) is 3. The third-order valence-electron chi connectivity index (χ3n) is 3.89. The van der Waals surface area contributed by atoms with Crippen molar-refractivity contribution in [1.29, 1.82) is 0 Å². The normalized spacial score (nSPS) is 11.5. The van der Waals surface area contributed by atoms with E-state index in [-0.39, 0.29) is 0 Å². The molecule has 0 aliphatic heterocycles. The highest BCUT2D eigenvalue weighted by Gasteiger charge is 2.08. The van der Waals surface area contributed by atoms with Gasteiger partial charge in [-0.25, -0.2) is 4.98 Å². The molecule has 0 aliphatic carbocycles. The van der Waals surface area contributed by atoms with Gasteiger partial charge in [0.15, 0.2) is 11.7 Å². The minimum Gasteiger partial charge on any atom is -0.461 e. The van der Waals surface area contributed by atoms with Crippen molar-refractivity contribution in [3.05, 3.63) is 60.1 Å². The zero-order valence-corrected chi connectivity index (χ0v) is 16.0. The minimum atomic E-state index is 0.566. The van der Waals surface area contributed by atoms with Gasteiger partial charge >= 0.3 is 0 Å². The Labute approximate surface area is 164 Å². The van der Waals surface area contributed by atoms with Crippen molar-refractivity contribution in [1.82, 2.24) is 25.8 Å². The van der Waals surface area contributed by atoms with Gasteiger partial charge in [0.2, 0.25) is 5.82 Å². The maximum atomic E-state index is 5.67. The Morgan fingerprint density at radius 3 is 2.86 bits per heavy atom. The summed E-state index contributed by atoms with van der Waals surface area (Å²) in [7, 11) is 0. The first-order valence-electron chi connectivity index (χ1n) is 9.44. The highest BCUT2D eigenvalue weighted by Crippen LogP contribution is 2.14. The SMILES string of the molecule is CCNC(=NCCOCc1ccccc1)NCCc1nc(-c2ccco2)n[nH]1. The van der Waals surface area contributed by atoms with E-state index in [1.54, 1.807) is 6.26 Å². The molecule has 0 saturated heterocycles. The molecule has 0 bridgehead atoms. The number of H-pyrrole nitrogens is 1. The van der Waals surface area contributed by atoms with Crippen molar-refractivity contribution in [2.45, 2.75) is 20.0 Å². The summed E-state index contributed by atoms with van der Waals surface area (Å²) in [5.41, 5.74) is 1.16. The van der Waals surface area contributed by atoms with Gasteiger partial charge in [-0.3, -0.25) is 10.1 Å². The molecule has 0 radical (unpaired) electrons. The smallest absolute Gasteiger partial charge is 0.216 e. The van der Waals surface area contributed by atoms with E-state index in [9.17, 15) is 0 Å². The fourth-order valence-corrected chi connectivity index (χ4v) is 2.55. The van der Waals surface area contributed by atoms with Crippen molar-refractivity contribution in [3.63, 3.8) is 0 Å². The summed E-state index contributed by atoms with van der Waals surface area (Å²) in [5, 5.41) is 13.6. The Morgan fingerprint density at radius 2 is 2.07 bits per heavy atom. The number of benzene rings is 1. The summed E-state index contributed by atoms with van der Waals surface area (Å²) < 4.78 is 11.0. The monoisotopic (exact) mass is 382 g/mol. The molecule has 0 fully saturated rings. The lowest BCUT2D eigenvalue weighted by Crippen LogP contribution is -2.38. The molecular weight excluding hydrogens is 356 g/mol. The second-order valence-electron chi connectivity index (χ2n) is 6.06. The van der Waals surface area contributed by atoms with E-state index in [1.807, 2.05) is 37.3 Å². The van der Waals surface area contributed by atoms with Crippen LogP contribution in [0, 0.1) is 0 Å². The second-order valence-corrected chi connectivity index (χ2v) is 6.06. The maximum absolute atomic E-state index is 5.67. The highest BCUT2D eigenvalue weighted by atomic mass is 16.5. The van der Waals surface area contributed by atoms with E-state index < -0.39 is 0 Å². The number of nitrogens with one attached hydrogen (secondary N) is 3. The van der Waals surface area contributed by atoms with Crippen molar-refractivity contribution >= 4 is 5.96 Å². The number of ether oxygens (including phenoxy) is 1. The van der Waals surface area contributed by atoms with Gasteiger partial charge in [0, 0.05) is 19.5 Å². The summed E-state index contributed by atoms with van der Waals surface area (Å²) in [6, 6.07) is 13.8. The van der Waals surface area contributed by atoms with Crippen LogP contribution in [0.25, 0.3) is 11.6 Å². The number of furan rings is 1. The van der Waals surface area contributed by atoms with Crippen LogP contribution in [-0.4, -0.2) is 47.4 Å². The second kappa shape index (κ2) is 10.9. The van der Waals surface area contributed by atoms with E-state index >= 15 is 0 Å². The van der Waals surface area contributed by atoms with E-state index in [0.717, 1.165) is 23.9 Å². The Morgan fingerprint density at radius 1 is 1.18 bits per heavy atom. The molecule has 3 aromatic rings. The minimum absolute atomic E-state index is 0.566. The van der Waals surface area contributed by atoms with Gasteiger partial charge in [-0.15, -0.1) is 0 Å². The van der Waals surface area contributed by atoms with Crippen LogP contribution in [0.4, 0.5) is 0 Å². The lowest BCUT2D eigenvalue weighted by Gasteiger charge is -2.10. The fourth-order valence-electron chi connectivity index (χ4n) is 2.55. The van der Waals surface area contributed by atoms with Gasteiger partial charge in [0.25, 0.3) is 0 Å². The maximum Gasteiger partial charge on any atom is 0.216 e. The van der Waals surface area contributed by atoms with E-state index in [1.165, 1.54) is 0 Å². The molecule has 2 aromatic heterocycles. The summed E-state index contributed by atoms with van der Waals surface area (Å²) in [5.74, 6) is 2.77. The highest BCUT2D eigenvalue weighted by molar-refractivity contribution is 5.79. The van der Waals surface area contributed by atoms with E-state index in [4.69, 9.17) is 9.15 Å². The largest absolute Gasteiger partial charge is 0.461 e. The standard InChI is InChI=1S/C20H26N6O2/c1-2-21-20(23-12-14-27-15-16-7-4-3-5-8-16)22-11-10-18-24-19(26-25-18)17-9-6-13-28-17/h3-9,13H,2,10-12,14-15H2,1H3,(H2,21,22,23)(H,24,25,26). The first-order valence-corrected chi connectivity index (χ1v) is 9.44. The Balaban J connectivity index is 1.38. The lowest BCUT2D eigenvalue weighted by atomic mass is 10.2. The van der Waals surface area contributed by atoms with Gasteiger partial charge in [-0.05, 0) is 24.6 Å². The summed E-state index contributed by atoms with van der Waals surface area (Å²) in [6.45, 7) is 5.28. The summed E-state index contributed by atoms with van der Waals surface area (Å²) in [6.07, 6.45) is 2.30.